The molecular weight excluding hydrogens is 467 g/mol. The molecule has 1 fully saturated rings. The highest BCUT2D eigenvalue weighted by atomic mass is 35.5. The molecule has 0 spiro atoms. The van der Waals surface area contributed by atoms with E-state index in [9.17, 15) is 4.79 Å². The monoisotopic (exact) mass is 492 g/mol. The smallest absolute Gasteiger partial charge is 0.246 e. The number of hydrogen-bond donors (Lipinski definition) is 1. The fourth-order valence-electron chi connectivity index (χ4n) is 5.20. The second kappa shape index (κ2) is 8.61. The quantitative estimate of drug-likeness (QED) is 0.398. The minimum atomic E-state index is -0.495. The molecule has 180 valence electrons. The maximum Gasteiger partial charge on any atom is 0.246 e. The van der Waals surface area contributed by atoms with Crippen LogP contribution < -0.4 is 4.90 Å². The fourth-order valence-corrected chi connectivity index (χ4v) is 5.49. The summed E-state index contributed by atoms with van der Waals surface area (Å²) in [5, 5.41) is 8.79. The zero-order valence-corrected chi connectivity index (χ0v) is 20.8. The van der Waals surface area contributed by atoms with Gasteiger partial charge in [0.05, 0.1) is 16.7 Å². The Balaban J connectivity index is 1.71. The van der Waals surface area contributed by atoms with Gasteiger partial charge < -0.3 is 9.80 Å². The highest BCUT2D eigenvalue weighted by molar-refractivity contribution is 6.35. The van der Waals surface area contributed by atoms with E-state index in [1.165, 1.54) is 6.08 Å². The molecule has 5 rings (SSSR count). The number of aromatic nitrogens is 4. The van der Waals surface area contributed by atoms with E-state index in [-0.39, 0.29) is 34.1 Å². The predicted molar refractivity (Wildman–Crippen MR) is 137 cm³/mol. The first-order valence-corrected chi connectivity index (χ1v) is 11.9. The molecule has 7 nitrogen and oxygen atoms in total. The van der Waals surface area contributed by atoms with Crippen molar-refractivity contribution in [3.8, 4) is 11.1 Å². The highest BCUT2D eigenvalue weighted by Gasteiger charge is 2.34. The Hall–Kier alpha value is -3.52. The number of carbonyl (C=O) groups excluding carboxylic acids is 1. The minimum Gasteiger partial charge on any atom is -0.347 e. The molecule has 0 bridgehead atoms. The summed E-state index contributed by atoms with van der Waals surface area (Å²) in [5.41, 5.74) is 2.77. The number of carbonyl (C=O) groups is 1. The van der Waals surface area contributed by atoms with Crippen LogP contribution in [0.25, 0.3) is 32.9 Å². The lowest BCUT2D eigenvalue weighted by molar-refractivity contribution is -0.127. The van der Waals surface area contributed by atoms with Crippen molar-refractivity contribution < 1.29 is 9.18 Å². The van der Waals surface area contributed by atoms with Crippen LogP contribution in [-0.2, 0) is 4.79 Å². The van der Waals surface area contributed by atoms with Crippen LogP contribution in [-0.4, -0.2) is 56.1 Å². The molecule has 0 saturated carbocycles. The van der Waals surface area contributed by atoms with E-state index in [0.717, 1.165) is 16.5 Å². The lowest BCUT2D eigenvalue weighted by Gasteiger charge is -2.45. The maximum atomic E-state index is 16.3. The number of nitrogens with zero attached hydrogens (tertiary/aromatic N) is 5. The fraction of sp³-hybridized carbons (Fsp3) is 0.308. The Morgan fingerprint density at radius 2 is 1.91 bits per heavy atom. The predicted octanol–water partition coefficient (Wildman–Crippen LogP) is 5.19. The van der Waals surface area contributed by atoms with Gasteiger partial charge in [0.2, 0.25) is 5.91 Å². The zero-order chi connectivity index (χ0) is 25.0. The number of H-pyrrole nitrogens is 1. The first-order chi connectivity index (χ1) is 16.7. The van der Waals surface area contributed by atoms with Crippen LogP contribution in [0, 0.1) is 19.7 Å². The molecular formula is C26H26ClFN6O. The van der Waals surface area contributed by atoms with Gasteiger partial charge in [0.25, 0.3) is 0 Å². The lowest BCUT2D eigenvalue weighted by Crippen LogP contribution is -2.58. The summed E-state index contributed by atoms with van der Waals surface area (Å²) in [4.78, 5) is 25.3. The van der Waals surface area contributed by atoms with Gasteiger partial charge in [-0.2, -0.15) is 5.10 Å². The maximum absolute atomic E-state index is 16.3. The molecule has 1 aliphatic heterocycles. The van der Waals surface area contributed by atoms with Crippen molar-refractivity contribution in [2.75, 3.05) is 18.0 Å². The molecule has 1 saturated heterocycles. The Labute approximate surface area is 207 Å². The second-order valence-corrected chi connectivity index (χ2v) is 9.59. The molecule has 0 radical (unpaired) electrons. The first kappa shape index (κ1) is 23.2. The summed E-state index contributed by atoms with van der Waals surface area (Å²) >= 11 is 6.78. The summed E-state index contributed by atoms with van der Waals surface area (Å²) in [5.74, 6) is 0.474. The van der Waals surface area contributed by atoms with E-state index in [4.69, 9.17) is 16.6 Å². The number of amides is 1. The van der Waals surface area contributed by atoms with Gasteiger partial charge in [-0.15, -0.1) is 0 Å². The Bertz CT molecular complexity index is 1490. The van der Waals surface area contributed by atoms with E-state index >= 15 is 4.39 Å². The third-order valence-corrected chi connectivity index (χ3v) is 7.00. The lowest BCUT2D eigenvalue weighted by atomic mass is 9.96. The molecule has 1 aliphatic rings. The summed E-state index contributed by atoms with van der Waals surface area (Å²) in [6.07, 6.45) is 3.04. The van der Waals surface area contributed by atoms with Crippen LogP contribution in [0.1, 0.15) is 25.2 Å². The number of fused-ring (bicyclic) bond motifs is 2. The number of halogens is 2. The number of anilines is 1. The average molecular weight is 493 g/mol. The van der Waals surface area contributed by atoms with Crippen molar-refractivity contribution in [3.05, 3.63) is 59.3 Å². The Morgan fingerprint density at radius 1 is 1.20 bits per heavy atom. The van der Waals surface area contributed by atoms with Crippen molar-refractivity contribution in [2.45, 2.75) is 39.8 Å². The average Bonchev–Trinajstić information content (AvgIpc) is 3.29. The van der Waals surface area contributed by atoms with Crippen molar-refractivity contribution in [2.24, 2.45) is 0 Å². The van der Waals surface area contributed by atoms with Crippen LogP contribution in [0.3, 0.4) is 0 Å². The molecule has 35 heavy (non-hydrogen) atoms. The van der Waals surface area contributed by atoms with E-state index in [1.54, 1.807) is 24.1 Å². The van der Waals surface area contributed by atoms with Gasteiger partial charge in [-0.3, -0.25) is 9.89 Å². The van der Waals surface area contributed by atoms with Crippen LogP contribution in [0.4, 0.5) is 10.2 Å². The molecule has 2 aromatic heterocycles. The Kier molecular flexibility index (Phi) is 5.71. The molecule has 1 N–H and O–H groups in total. The molecule has 2 aromatic carbocycles. The number of aromatic amines is 1. The van der Waals surface area contributed by atoms with Gasteiger partial charge in [0.1, 0.15) is 17.2 Å². The van der Waals surface area contributed by atoms with Crippen LogP contribution >= 0.6 is 11.6 Å². The van der Waals surface area contributed by atoms with Crippen LogP contribution in [0.15, 0.2) is 37.1 Å². The minimum absolute atomic E-state index is 0.0531. The molecule has 0 aliphatic carbocycles. The van der Waals surface area contributed by atoms with Crippen molar-refractivity contribution in [3.63, 3.8) is 0 Å². The number of aryl methyl sites for hydroxylation is 2. The molecule has 2 atom stereocenters. The summed E-state index contributed by atoms with van der Waals surface area (Å²) in [7, 11) is 0. The van der Waals surface area contributed by atoms with Crippen molar-refractivity contribution in [1.82, 2.24) is 25.1 Å². The zero-order valence-electron chi connectivity index (χ0n) is 20.1. The standard InChI is InChI=1S/C26H26ClFN6O/c1-6-20(35)33-11-14(3)34(15(4)12-33)26-18-9-19(27)22(23(28)25(18)30-16(5)31-26)21-13(2)7-8-17-10-29-32-24(17)21/h6-10,14-15H,1,11-12H2,2-5H3,(H,29,32)/t14-,15+. The number of rotatable bonds is 3. The van der Waals surface area contributed by atoms with E-state index < -0.39 is 5.82 Å². The van der Waals surface area contributed by atoms with Gasteiger partial charge >= 0.3 is 0 Å². The summed E-state index contributed by atoms with van der Waals surface area (Å²) < 4.78 is 16.3. The molecule has 9 heteroatoms. The van der Waals surface area contributed by atoms with Gasteiger partial charge in [0.15, 0.2) is 5.82 Å². The number of hydrogen-bond acceptors (Lipinski definition) is 5. The van der Waals surface area contributed by atoms with E-state index in [0.29, 0.717) is 35.7 Å². The first-order valence-electron chi connectivity index (χ1n) is 11.5. The van der Waals surface area contributed by atoms with Gasteiger partial charge in [-0.25, -0.2) is 14.4 Å². The highest BCUT2D eigenvalue weighted by Crippen LogP contribution is 2.42. The molecule has 0 unspecified atom stereocenters. The van der Waals surface area contributed by atoms with Gasteiger partial charge in [-0.05, 0) is 45.4 Å². The van der Waals surface area contributed by atoms with Gasteiger partial charge in [-0.1, -0.05) is 30.3 Å². The van der Waals surface area contributed by atoms with Gasteiger partial charge in [0, 0.05) is 47.1 Å². The normalized spacial score (nSPS) is 18.5. The molecule has 1 amide bonds. The number of benzene rings is 2. The number of piperazine rings is 1. The third kappa shape index (κ3) is 3.72. The second-order valence-electron chi connectivity index (χ2n) is 9.18. The van der Waals surface area contributed by atoms with Crippen LogP contribution in [0.2, 0.25) is 5.02 Å². The largest absolute Gasteiger partial charge is 0.347 e. The number of nitrogens with one attached hydrogen (secondary N) is 1. The molecule has 4 aromatic rings. The summed E-state index contributed by atoms with van der Waals surface area (Å²) in [6.45, 7) is 12.3. The Morgan fingerprint density at radius 3 is 2.60 bits per heavy atom. The van der Waals surface area contributed by atoms with E-state index in [1.807, 2.05) is 32.9 Å². The SMILES string of the molecule is C=CC(=O)N1C[C@@H](C)N(c2nc(C)nc3c(F)c(-c4c(C)ccc5cn[nH]c45)c(Cl)cc23)[C@@H](C)C1. The third-order valence-electron chi connectivity index (χ3n) is 6.70. The van der Waals surface area contributed by atoms with Crippen LogP contribution in [0.5, 0.6) is 0 Å². The van der Waals surface area contributed by atoms with E-state index in [2.05, 4.69) is 26.7 Å². The topological polar surface area (TPSA) is 78.0 Å². The molecule has 3 heterocycles. The van der Waals surface area contributed by atoms with Crippen molar-refractivity contribution >= 4 is 45.1 Å². The summed E-state index contributed by atoms with van der Waals surface area (Å²) in [6, 6.07) is 5.51. The van der Waals surface area contributed by atoms with Crippen molar-refractivity contribution in [1.29, 1.82) is 0 Å².